The molecule has 0 radical (unpaired) electrons. The van der Waals surface area contributed by atoms with Gasteiger partial charge in [0.25, 0.3) is 0 Å². The van der Waals surface area contributed by atoms with Gasteiger partial charge in [-0.15, -0.1) is 0 Å². The van der Waals surface area contributed by atoms with E-state index in [0.717, 1.165) is 24.6 Å². The predicted molar refractivity (Wildman–Crippen MR) is 100 cm³/mol. The molecule has 7 heteroatoms. The fourth-order valence-corrected chi connectivity index (χ4v) is 3.31. The zero-order chi connectivity index (χ0) is 17.8. The summed E-state index contributed by atoms with van der Waals surface area (Å²) in [5.41, 5.74) is 0.736. The van der Waals surface area contributed by atoms with Crippen LogP contribution in [0.1, 0.15) is 19.8 Å². The summed E-state index contributed by atoms with van der Waals surface area (Å²) in [4.78, 5) is 11.1. The molecule has 1 unspecified atom stereocenters. The number of anilines is 3. The summed E-state index contributed by atoms with van der Waals surface area (Å²) in [5.74, 6) is 3.51. The van der Waals surface area contributed by atoms with Crippen LogP contribution in [-0.4, -0.2) is 37.3 Å². The fraction of sp³-hybridized carbons (Fsp3) is 0.444. The largest absolute Gasteiger partial charge is 0.495 e. The smallest absolute Gasteiger partial charge is 0.144 e. The minimum atomic E-state index is 0.496. The van der Waals surface area contributed by atoms with E-state index >= 15 is 0 Å². The lowest BCUT2D eigenvalue weighted by atomic mass is 10.0. The number of benzene rings is 1. The molecule has 134 valence electrons. The van der Waals surface area contributed by atoms with Gasteiger partial charge in [-0.05, 0) is 18.8 Å². The zero-order valence-electron chi connectivity index (χ0n) is 14.8. The minimum Gasteiger partial charge on any atom is -0.495 e. The second-order valence-corrected chi connectivity index (χ2v) is 6.67. The molecule has 1 N–H and O–H groups in total. The normalized spacial score (nSPS) is 17.3. The van der Waals surface area contributed by atoms with Crippen molar-refractivity contribution >= 4 is 28.9 Å². The number of ether oxygens (including phenoxy) is 2. The topological polar surface area (TPSA) is 59.5 Å². The number of nitrogens with one attached hydrogen (secondary N) is 1. The molecule has 0 aliphatic carbocycles. The first-order valence-corrected chi connectivity index (χ1v) is 8.74. The number of hydrogen-bond donors (Lipinski definition) is 1. The van der Waals surface area contributed by atoms with E-state index in [0.29, 0.717) is 28.3 Å². The van der Waals surface area contributed by atoms with E-state index in [2.05, 4.69) is 27.1 Å². The van der Waals surface area contributed by atoms with E-state index in [-0.39, 0.29) is 0 Å². The summed E-state index contributed by atoms with van der Waals surface area (Å²) in [6, 6.07) is 5.47. The van der Waals surface area contributed by atoms with Crippen LogP contribution in [-0.2, 0) is 0 Å². The fourth-order valence-electron chi connectivity index (χ4n) is 3.08. The number of halogens is 1. The van der Waals surface area contributed by atoms with E-state index < -0.39 is 0 Å². The molecule has 1 aromatic carbocycles. The van der Waals surface area contributed by atoms with Crippen molar-refractivity contribution in [3.63, 3.8) is 0 Å². The molecular weight excluding hydrogens is 340 g/mol. The molecular formula is C18H23ClN4O2. The maximum atomic E-state index is 6.16. The van der Waals surface area contributed by atoms with Crippen molar-refractivity contribution in [2.24, 2.45) is 5.92 Å². The summed E-state index contributed by atoms with van der Waals surface area (Å²) in [6.07, 6.45) is 4.04. The van der Waals surface area contributed by atoms with Gasteiger partial charge in [-0.2, -0.15) is 0 Å². The summed E-state index contributed by atoms with van der Waals surface area (Å²) in [6.45, 7) is 4.32. The molecule has 2 heterocycles. The lowest BCUT2D eigenvalue weighted by molar-refractivity contribution is 0.405. The van der Waals surface area contributed by atoms with Crippen LogP contribution < -0.4 is 19.7 Å². The summed E-state index contributed by atoms with van der Waals surface area (Å²) >= 11 is 6.16. The van der Waals surface area contributed by atoms with Gasteiger partial charge in [0.1, 0.15) is 29.5 Å². The van der Waals surface area contributed by atoms with Crippen LogP contribution in [0.15, 0.2) is 24.5 Å². The number of rotatable bonds is 5. The Morgan fingerprint density at radius 2 is 1.96 bits per heavy atom. The van der Waals surface area contributed by atoms with E-state index in [1.807, 2.05) is 6.07 Å². The number of aromatic nitrogens is 2. The SMILES string of the molecule is COc1cc(Nc2cc(N3CCCC(C)C3)ncn2)c(OC)cc1Cl. The van der Waals surface area contributed by atoms with Crippen molar-refractivity contribution in [1.29, 1.82) is 0 Å². The lowest BCUT2D eigenvalue weighted by Crippen LogP contribution is -2.34. The van der Waals surface area contributed by atoms with Crippen LogP contribution in [0.2, 0.25) is 5.02 Å². The molecule has 0 amide bonds. The Morgan fingerprint density at radius 1 is 1.16 bits per heavy atom. The van der Waals surface area contributed by atoms with Gasteiger partial charge in [-0.3, -0.25) is 0 Å². The highest BCUT2D eigenvalue weighted by molar-refractivity contribution is 6.32. The average molecular weight is 363 g/mol. The first kappa shape index (κ1) is 17.6. The van der Waals surface area contributed by atoms with Crippen molar-refractivity contribution in [3.8, 4) is 11.5 Å². The van der Waals surface area contributed by atoms with Gasteiger partial charge in [-0.25, -0.2) is 9.97 Å². The lowest BCUT2D eigenvalue weighted by Gasteiger charge is -2.31. The van der Waals surface area contributed by atoms with Crippen molar-refractivity contribution in [2.75, 3.05) is 37.5 Å². The van der Waals surface area contributed by atoms with Gasteiger partial charge in [-0.1, -0.05) is 18.5 Å². The summed E-state index contributed by atoms with van der Waals surface area (Å²) in [5, 5.41) is 3.77. The molecule has 0 bridgehead atoms. The van der Waals surface area contributed by atoms with Gasteiger partial charge in [0.2, 0.25) is 0 Å². The monoisotopic (exact) mass is 362 g/mol. The molecule has 1 saturated heterocycles. The number of hydrogen-bond acceptors (Lipinski definition) is 6. The molecule has 0 saturated carbocycles. The van der Waals surface area contributed by atoms with Gasteiger partial charge < -0.3 is 19.7 Å². The molecule has 25 heavy (non-hydrogen) atoms. The van der Waals surface area contributed by atoms with Crippen molar-refractivity contribution in [2.45, 2.75) is 19.8 Å². The average Bonchev–Trinajstić information content (AvgIpc) is 2.63. The van der Waals surface area contributed by atoms with Crippen LogP contribution >= 0.6 is 11.6 Å². The zero-order valence-corrected chi connectivity index (χ0v) is 15.5. The second-order valence-electron chi connectivity index (χ2n) is 6.27. The Morgan fingerprint density at radius 3 is 2.68 bits per heavy atom. The van der Waals surface area contributed by atoms with E-state index in [9.17, 15) is 0 Å². The first-order valence-electron chi connectivity index (χ1n) is 8.36. The number of piperidine rings is 1. The van der Waals surface area contributed by atoms with E-state index in [1.54, 1.807) is 32.7 Å². The van der Waals surface area contributed by atoms with Crippen molar-refractivity contribution in [3.05, 3.63) is 29.5 Å². The highest BCUT2D eigenvalue weighted by Gasteiger charge is 2.18. The Kier molecular flexibility index (Phi) is 5.48. The number of methoxy groups -OCH3 is 2. The molecule has 1 atom stereocenters. The molecule has 1 aliphatic heterocycles. The highest BCUT2D eigenvalue weighted by atomic mass is 35.5. The van der Waals surface area contributed by atoms with Gasteiger partial charge in [0, 0.05) is 31.3 Å². The third-order valence-corrected chi connectivity index (χ3v) is 4.67. The molecule has 2 aromatic rings. The quantitative estimate of drug-likeness (QED) is 0.863. The third kappa shape index (κ3) is 4.07. The minimum absolute atomic E-state index is 0.496. The van der Waals surface area contributed by atoms with E-state index in [1.165, 1.54) is 12.8 Å². The van der Waals surface area contributed by atoms with Crippen LogP contribution in [0.4, 0.5) is 17.3 Å². The number of nitrogens with zero attached hydrogens (tertiary/aromatic N) is 3. The van der Waals surface area contributed by atoms with Crippen molar-refractivity contribution < 1.29 is 9.47 Å². The molecule has 1 fully saturated rings. The predicted octanol–water partition coefficient (Wildman–Crippen LogP) is 4.13. The third-order valence-electron chi connectivity index (χ3n) is 4.37. The Hall–Kier alpha value is -2.21. The Balaban J connectivity index is 1.85. The Bertz CT molecular complexity index is 741. The first-order chi connectivity index (χ1) is 12.1. The summed E-state index contributed by atoms with van der Waals surface area (Å²) < 4.78 is 10.7. The highest BCUT2D eigenvalue weighted by Crippen LogP contribution is 2.37. The Labute approximate surface area is 153 Å². The van der Waals surface area contributed by atoms with Crippen LogP contribution in [0.5, 0.6) is 11.5 Å². The molecule has 3 rings (SSSR count). The second kappa shape index (κ2) is 7.78. The maximum Gasteiger partial charge on any atom is 0.144 e. The molecule has 1 aliphatic rings. The molecule has 0 spiro atoms. The van der Waals surface area contributed by atoms with Gasteiger partial charge >= 0.3 is 0 Å². The van der Waals surface area contributed by atoms with Crippen LogP contribution in [0, 0.1) is 5.92 Å². The van der Waals surface area contributed by atoms with Gasteiger partial charge in [0.15, 0.2) is 0 Å². The van der Waals surface area contributed by atoms with Gasteiger partial charge in [0.05, 0.1) is 24.9 Å². The maximum absolute atomic E-state index is 6.16. The van der Waals surface area contributed by atoms with Crippen LogP contribution in [0.25, 0.3) is 0 Å². The van der Waals surface area contributed by atoms with Crippen LogP contribution in [0.3, 0.4) is 0 Å². The van der Waals surface area contributed by atoms with Crippen molar-refractivity contribution in [1.82, 2.24) is 9.97 Å². The molecule has 6 nitrogen and oxygen atoms in total. The summed E-state index contributed by atoms with van der Waals surface area (Å²) in [7, 11) is 3.18. The molecule has 1 aromatic heterocycles. The standard InChI is InChI=1S/C18H23ClN4O2/c1-12-5-4-6-23(10-12)18-9-17(20-11-21-18)22-14-8-15(24-2)13(19)7-16(14)25-3/h7-9,11-12H,4-6,10H2,1-3H3,(H,20,21,22). The van der Waals surface area contributed by atoms with E-state index in [4.69, 9.17) is 21.1 Å².